The molecule has 0 saturated heterocycles. The van der Waals surface area contributed by atoms with Crippen LogP contribution in [0.25, 0.3) is 0 Å². The number of aryl methyl sites for hydroxylation is 1. The molecule has 3 nitrogen and oxygen atoms in total. The highest BCUT2D eigenvalue weighted by atomic mass is 32.2. The van der Waals surface area contributed by atoms with Gasteiger partial charge in [-0.05, 0) is 31.1 Å². The van der Waals surface area contributed by atoms with Crippen LogP contribution in [0.5, 0.6) is 0 Å². The summed E-state index contributed by atoms with van der Waals surface area (Å²) in [6, 6.07) is 9.94. The molecule has 3 N–H and O–H groups in total. The normalized spacial score (nSPS) is 13.8. The second-order valence-corrected chi connectivity index (χ2v) is 5.61. The van der Waals surface area contributed by atoms with Gasteiger partial charge >= 0.3 is 0 Å². The molecule has 1 aromatic carbocycles. The van der Waals surface area contributed by atoms with Gasteiger partial charge in [0.05, 0.1) is 6.04 Å². The summed E-state index contributed by atoms with van der Waals surface area (Å²) in [6.07, 6.45) is 4.52. The summed E-state index contributed by atoms with van der Waals surface area (Å²) in [7, 11) is 0. The lowest BCUT2D eigenvalue weighted by Crippen LogP contribution is -2.46. The van der Waals surface area contributed by atoms with Gasteiger partial charge in [-0.25, -0.2) is 0 Å². The highest BCUT2D eigenvalue weighted by Gasteiger charge is 2.16. The fourth-order valence-corrected chi connectivity index (χ4v) is 2.59. The second kappa shape index (κ2) is 8.99. The molecule has 2 atom stereocenters. The number of nitrogens with one attached hydrogen (secondary N) is 1. The van der Waals surface area contributed by atoms with E-state index >= 15 is 0 Å². The minimum atomic E-state index is -0.420. The molecule has 1 aromatic rings. The van der Waals surface area contributed by atoms with Gasteiger partial charge in [0.2, 0.25) is 5.91 Å². The number of rotatable bonds is 8. The summed E-state index contributed by atoms with van der Waals surface area (Å²) in [5.74, 6) is 0.907. The van der Waals surface area contributed by atoms with Gasteiger partial charge in [-0.3, -0.25) is 4.79 Å². The maximum absolute atomic E-state index is 12.0. The van der Waals surface area contributed by atoms with Crippen molar-refractivity contribution in [2.24, 2.45) is 5.73 Å². The fraction of sp³-hybridized carbons (Fsp3) is 0.533. The Balaban J connectivity index is 2.36. The molecule has 0 aliphatic rings. The number of amides is 1. The van der Waals surface area contributed by atoms with Crippen LogP contribution in [0.2, 0.25) is 0 Å². The molecule has 0 aliphatic carbocycles. The molecule has 0 fully saturated rings. The Kier molecular flexibility index (Phi) is 7.60. The summed E-state index contributed by atoms with van der Waals surface area (Å²) in [5, 5.41) is 3.02. The average Bonchev–Trinajstić information content (AvgIpc) is 2.45. The van der Waals surface area contributed by atoms with Gasteiger partial charge in [0.1, 0.15) is 0 Å². The lowest BCUT2D eigenvalue weighted by Gasteiger charge is -2.19. The van der Waals surface area contributed by atoms with Crippen LogP contribution in [-0.2, 0) is 11.2 Å². The molecule has 0 saturated carbocycles. The summed E-state index contributed by atoms with van der Waals surface area (Å²) >= 11 is 1.74. The van der Waals surface area contributed by atoms with Gasteiger partial charge in [-0.15, -0.1) is 0 Å². The lowest BCUT2D eigenvalue weighted by atomic mass is 10.1. The fourth-order valence-electron chi connectivity index (χ4n) is 1.87. The highest BCUT2D eigenvalue weighted by Crippen LogP contribution is 2.05. The smallest absolute Gasteiger partial charge is 0.237 e. The van der Waals surface area contributed by atoms with Crippen molar-refractivity contribution in [3.05, 3.63) is 35.9 Å². The molecule has 0 radical (unpaired) electrons. The third-order valence-electron chi connectivity index (χ3n) is 3.13. The zero-order valence-electron chi connectivity index (χ0n) is 11.8. The Bertz CT molecular complexity index is 370. The molecule has 4 heteroatoms. The van der Waals surface area contributed by atoms with E-state index in [9.17, 15) is 4.79 Å². The topological polar surface area (TPSA) is 55.1 Å². The Morgan fingerprint density at radius 1 is 1.37 bits per heavy atom. The maximum atomic E-state index is 12.0. The zero-order chi connectivity index (χ0) is 14.1. The first-order valence-electron chi connectivity index (χ1n) is 6.76. The van der Waals surface area contributed by atoms with Gasteiger partial charge in [-0.1, -0.05) is 37.3 Å². The average molecular weight is 280 g/mol. The van der Waals surface area contributed by atoms with E-state index < -0.39 is 6.04 Å². The molecular weight excluding hydrogens is 256 g/mol. The standard InChI is InChI=1S/C15H24N2OS/c1-3-13(11-19-2)17-15(18)14(16)10-9-12-7-5-4-6-8-12/h4-8,13-14H,3,9-11,16H2,1-2H3,(H,17,18)/t13?,14-/m0/s1. The first-order valence-corrected chi connectivity index (χ1v) is 8.15. The molecule has 0 spiro atoms. The number of carbonyl (C=O) groups excluding carboxylic acids is 1. The third-order valence-corrected chi connectivity index (χ3v) is 3.87. The maximum Gasteiger partial charge on any atom is 0.237 e. The minimum Gasteiger partial charge on any atom is -0.351 e. The molecular formula is C15H24N2OS. The molecule has 0 aromatic heterocycles. The summed E-state index contributed by atoms with van der Waals surface area (Å²) < 4.78 is 0. The molecule has 0 aliphatic heterocycles. The van der Waals surface area contributed by atoms with Crippen LogP contribution < -0.4 is 11.1 Å². The quantitative estimate of drug-likeness (QED) is 0.767. The van der Waals surface area contributed by atoms with Gasteiger partial charge in [0, 0.05) is 11.8 Å². The first kappa shape index (κ1) is 16.1. The van der Waals surface area contributed by atoms with Crippen molar-refractivity contribution in [1.82, 2.24) is 5.32 Å². The van der Waals surface area contributed by atoms with E-state index in [1.165, 1.54) is 5.56 Å². The van der Waals surface area contributed by atoms with Crippen LogP contribution in [0.4, 0.5) is 0 Å². The molecule has 1 rings (SSSR count). The summed E-state index contributed by atoms with van der Waals surface area (Å²) in [4.78, 5) is 12.0. The lowest BCUT2D eigenvalue weighted by molar-refractivity contribution is -0.123. The van der Waals surface area contributed by atoms with E-state index in [-0.39, 0.29) is 11.9 Å². The Labute approximate surface area is 120 Å². The van der Waals surface area contributed by atoms with Gasteiger partial charge in [0.25, 0.3) is 0 Å². The first-order chi connectivity index (χ1) is 9.17. The van der Waals surface area contributed by atoms with Crippen molar-refractivity contribution in [2.75, 3.05) is 12.0 Å². The van der Waals surface area contributed by atoms with E-state index in [4.69, 9.17) is 5.73 Å². The molecule has 0 heterocycles. The minimum absolute atomic E-state index is 0.0307. The van der Waals surface area contributed by atoms with Gasteiger partial charge < -0.3 is 11.1 Å². The number of nitrogens with two attached hydrogens (primary N) is 1. The van der Waals surface area contributed by atoms with Crippen molar-refractivity contribution in [2.45, 2.75) is 38.3 Å². The van der Waals surface area contributed by atoms with Crippen LogP contribution >= 0.6 is 11.8 Å². The predicted octanol–water partition coefficient (Wildman–Crippen LogP) is 2.20. The van der Waals surface area contributed by atoms with E-state index in [0.29, 0.717) is 6.42 Å². The predicted molar refractivity (Wildman–Crippen MR) is 83.3 cm³/mol. The summed E-state index contributed by atoms with van der Waals surface area (Å²) in [6.45, 7) is 2.08. The number of hydrogen-bond acceptors (Lipinski definition) is 3. The number of carbonyl (C=O) groups is 1. The largest absolute Gasteiger partial charge is 0.351 e. The Morgan fingerprint density at radius 3 is 2.63 bits per heavy atom. The van der Waals surface area contributed by atoms with Crippen molar-refractivity contribution in [1.29, 1.82) is 0 Å². The SMILES string of the molecule is CCC(CSC)NC(=O)[C@@H](N)CCc1ccccc1. The molecule has 19 heavy (non-hydrogen) atoms. The van der Waals surface area contributed by atoms with Crippen molar-refractivity contribution in [3.63, 3.8) is 0 Å². The number of hydrogen-bond donors (Lipinski definition) is 2. The molecule has 106 valence electrons. The van der Waals surface area contributed by atoms with E-state index in [0.717, 1.165) is 18.6 Å². The zero-order valence-corrected chi connectivity index (χ0v) is 12.6. The van der Waals surface area contributed by atoms with Crippen molar-refractivity contribution >= 4 is 17.7 Å². The van der Waals surface area contributed by atoms with Gasteiger partial charge in [0.15, 0.2) is 0 Å². The number of thioether (sulfide) groups is 1. The molecule has 0 bridgehead atoms. The summed E-state index contributed by atoms with van der Waals surface area (Å²) in [5.41, 5.74) is 7.17. The second-order valence-electron chi connectivity index (χ2n) is 4.70. The van der Waals surface area contributed by atoms with E-state index in [1.807, 2.05) is 24.5 Å². The molecule has 1 unspecified atom stereocenters. The Morgan fingerprint density at radius 2 is 2.05 bits per heavy atom. The van der Waals surface area contributed by atoms with E-state index in [1.54, 1.807) is 11.8 Å². The van der Waals surface area contributed by atoms with Crippen LogP contribution in [0.15, 0.2) is 30.3 Å². The number of benzene rings is 1. The highest BCUT2D eigenvalue weighted by molar-refractivity contribution is 7.98. The van der Waals surface area contributed by atoms with Crippen LogP contribution in [0, 0.1) is 0 Å². The van der Waals surface area contributed by atoms with Crippen molar-refractivity contribution < 1.29 is 4.79 Å². The van der Waals surface area contributed by atoms with E-state index in [2.05, 4.69) is 24.4 Å². The van der Waals surface area contributed by atoms with Crippen LogP contribution in [-0.4, -0.2) is 30.0 Å². The Hall–Kier alpha value is -1.00. The van der Waals surface area contributed by atoms with Gasteiger partial charge in [-0.2, -0.15) is 11.8 Å². The third kappa shape index (κ3) is 6.12. The van der Waals surface area contributed by atoms with Crippen LogP contribution in [0.3, 0.4) is 0 Å². The van der Waals surface area contributed by atoms with Crippen molar-refractivity contribution in [3.8, 4) is 0 Å². The monoisotopic (exact) mass is 280 g/mol. The molecule has 1 amide bonds. The van der Waals surface area contributed by atoms with Crippen LogP contribution in [0.1, 0.15) is 25.3 Å².